The molecule has 1 aromatic carbocycles. The van der Waals surface area contributed by atoms with Crippen LogP contribution in [0, 0.1) is 5.92 Å². The zero-order chi connectivity index (χ0) is 13.2. The highest BCUT2D eigenvalue weighted by molar-refractivity contribution is 6.01. The number of Topliss-reactive ketones (excluding diaryl/α,β-unsaturated/α-hetero) is 1. The average Bonchev–Trinajstić information content (AvgIpc) is 3.28. The molecule has 0 radical (unpaired) electrons. The fraction of sp³-hybridized carbons (Fsp3) is 0.294. The minimum absolute atomic E-state index is 0.162. The largest absolute Gasteiger partial charge is 0.294 e. The van der Waals surface area contributed by atoms with Crippen molar-refractivity contribution in [2.45, 2.75) is 25.7 Å². The second-order valence-corrected chi connectivity index (χ2v) is 5.11. The first-order valence-corrected chi connectivity index (χ1v) is 6.83. The summed E-state index contributed by atoms with van der Waals surface area (Å²) in [5, 5.41) is 0. The Labute approximate surface area is 113 Å². The van der Waals surface area contributed by atoms with Crippen molar-refractivity contribution in [2.75, 3.05) is 0 Å². The lowest BCUT2D eigenvalue weighted by atomic mass is 9.99. The van der Waals surface area contributed by atoms with E-state index in [2.05, 4.69) is 24.0 Å². The van der Waals surface area contributed by atoms with Crippen LogP contribution in [-0.4, -0.2) is 10.8 Å². The maximum Gasteiger partial charge on any atom is 0.166 e. The predicted octanol–water partition coefficient (Wildman–Crippen LogP) is 3.63. The normalized spacial score (nSPS) is 21.1. The van der Waals surface area contributed by atoms with Gasteiger partial charge in [-0.15, -0.1) is 0 Å². The molecule has 2 aromatic rings. The maximum atomic E-state index is 12.5. The monoisotopic (exact) mass is 251 g/mol. The molecule has 1 saturated carbocycles. The number of hydrogen-bond acceptors (Lipinski definition) is 2. The number of ketones is 1. The number of carbonyl (C=O) groups excluding carboxylic acids is 1. The summed E-state index contributed by atoms with van der Waals surface area (Å²) in [6.07, 6.45) is 5.37. The highest BCUT2D eigenvalue weighted by atomic mass is 16.1. The van der Waals surface area contributed by atoms with Gasteiger partial charge in [-0.2, -0.15) is 0 Å². The van der Waals surface area contributed by atoms with E-state index in [-0.39, 0.29) is 11.7 Å². The number of carbonyl (C=O) groups is 1. The molecule has 0 aliphatic heterocycles. The first-order chi connectivity index (χ1) is 9.31. The van der Waals surface area contributed by atoms with E-state index in [1.807, 2.05) is 30.5 Å². The van der Waals surface area contributed by atoms with Crippen molar-refractivity contribution in [2.24, 2.45) is 5.92 Å². The molecule has 96 valence electrons. The highest BCUT2D eigenvalue weighted by Crippen LogP contribution is 2.49. The zero-order valence-corrected chi connectivity index (χ0v) is 11.0. The topological polar surface area (TPSA) is 30.0 Å². The number of hydrogen-bond donors (Lipinski definition) is 0. The molecule has 0 spiro atoms. The van der Waals surface area contributed by atoms with Gasteiger partial charge in [0.05, 0.1) is 0 Å². The Hall–Kier alpha value is -1.96. The third-order valence-electron chi connectivity index (χ3n) is 3.90. The lowest BCUT2D eigenvalue weighted by molar-refractivity contribution is 0.0964. The van der Waals surface area contributed by atoms with Crippen molar-refractivity contribution >= 4 is 5.78 Å². The van der Waals surface area contributed by atoms with E-state index in [0.29, 0.717) is 5.92 Å². The Morgan fingerprint density at radius 3 is 2.79 bits per heavy atom. The number of rotatable bonds is 4. The van der Waals surface area contributed by atoms with Crippen molar-refractivity contribution in [1.29, 1.82) is 0 Å². The standard InChI is InChI=1S/C17H17NO/c1-2-12-11-18-9-8-14(12)17(19)16-10-15(16)13-6-4-3-5-7-13/h3-9,11,15-16H,2,10H2,1H3. The van der Waals surface area contributed by atoms with Crippen LogP contribution in [0.4, 0.5) is 0 Å². The van der Waals surface area contributed by atoms with Gasteiger partial charge in [-0.05, 0) is 36.0 Å². The van der Waals surface area contributed by atoms with Gasteiger partial charge in [0, 0.05) is 23.9 Å². The van der Waals surface area contributed by atoms with Crippen LogP contribution in [0.2, 0.25) is 0 Å². The smallest absolute Gasteiger partial charge is 0.166 e. The Balaban J connectivity index is 1.80. The van der Waals surface area contributed by atoms with E-state index in [4.69, 9.17) is 0 Å². The Morgan fingerprint density at radius 1 is 1.26 bits per heavy atom. The van der Waals surface area contributed by atoms with Crippen molar-refractivity contribution in [3.8, 4) is 0 Å². The number of aromatic nitrogens is 1. The molecule has 2 nitrogen and oxygen atoms in total. The summed E-state index contributed by atoms with van der Waals surface area (Å²) >= 11 is 0. The van der Waals surface area contributed by atoms with Gasteiger partial charge in [-0.1, -0.05) is 37.3 Å². The quantitative estimate of drug-likeness (QED) is 0.777. The summed E-state index contributed by atoms with van der Waals surface area (Å²) in [6.45, 7) is 2.06. The fourth-order valence-corrected chi connectivity index (χ4v) is 2.70. The van der Waals surface area contributed by atoms with Crippen LogP contribution in [0.5, 0.6) is 0 Å². The van der Waals surface area contributed by atoms with Gasteiger partial charge in [-0.3, -0.25) is 9.78 Å². The van der Waals surface area contributed by atoms with E-state index < -0.39 is 0 Å². The molecule has 0 saturated heterocycles. The van der Waals surface area contributed by atoms with Gasteiger partial charge in [-0.25, -0.2) is 0 Å². The van der Waals surface area contributed by atoms with Gasteiger partial charge in [0.15, 0.2) is 5.78 Å². The predicted molar refractivity (Wildman–Crippen MR) is 75.2 cm³/mol. The molecule has 1 aliphatic carbocycles. The second kappa shape index (κ2) is 4.96. The van der Waals surface area contributed by atoms with E-state index in [9.17, 15) is 4.79 Å². The van der Waals surface area contributed by atoms with E-state index in [1.54, 1.807) is 6.20 Å². The van der Waals surface area contributed by atoms with Crippen molar-refractivity contribution < 1.29 is 4.79 Å². The molecule has 1 aliphatic rings. The summed E-state index contributed by atoms with van der Waals surface area (Å²) in [5.41, 5.74) is 3.21. The molecule has 0 bridgehead atoms. The SMILES string of the molecule is CCc1cnccc1C(=O)C1CC1c1ccccc1. The molecule has 0 N–H and O–H groups in total. The lowest BCUT2D eigenvalue weighted by Gasteiger charge is -2.05. The van der Waals surface area contributed by atoms with Crippen LogP contribution >= 0.6 is 0 Å². The molecule has 1 aromatic heterocycles. The number of pyridine rings is 1. The molecule has 2 atom stereocenters. The van der Waals surface area contributed by atoms with Crippen molar-refractivity contribution in [3.05, 3.63) is 65.5 Å². The minimum Gasteiger partial charge on any atom is -0.294 e. The average molecular weight is 251 g/mol. The highest BCUT2D eigenvalue weighted by Gasteiger charge is 2.44. The van der Waals surface area contributed by atoms with Crippen molar-refractivity contribution in [3.63, 3.8) is 0 Å². The third kappa shape index (κ3) is 2.30. The van der Waals surface area contributed by atoms with E-state index >= 15 is 0 Å². The molecular formula is C17H17NO. The molecule has 19 heavy (non-hydrogen) atoms. The third-order valence-corrected chi connectivity index (χ3v) is 3.90. The van der Waals surface area contributed by atoms with E-state index in [1.165, 1.54) is 5.56 Å². The maximum absolute atomic E-state index is 12.5. The second-order valence-electron chi connectivity index (χ2n) is 5.11. The van der Waals surface area contributed by atoms with Crippen LogP contribution in [-0.2, 0) is 6.42 Å². The minimum atomic E-state index is 0.162. The first-order valence-electron chi connectivity index (χ1n) is 6.83. The molecule has 1 fully saturated rings. The van der Waals surface area contributed by atoms with Crippen LogP contribution < -0.4 is 0 Å². The fourth-order valence-electron chi connectivity index (χ4n) is 2.70. The van der Waals surface area contributed by atoms with Crippen molar-refractivity contribution in [1.82, 2.24) is 4.98 Å². The van der Waals surface area contributed by atoms with Gasteiger partial charge >= 0.3 is 0 Å². The Bertz CT molecular complexity index is 591. The van der Waals surface area contributed by atoms with Crippen LogP contribution in [0.3, 0.4) is 0 Å². The molecule has 2 heteroatoms. The molecule has 2 unspecified atom stereocenters. The number of nitrogens with zero attached hydrogens (tertiary/aromatic N) is 1. The molecule has 3 rings (SSSR count). The Morgan fingerprint density at radius 2 is 2.05 bits per heavy atom. The van der Waals surface area contributed by atoms with Crippen LogP contribution in [0.25, 0.3) is 0 Å². The Kier molecular flexibility index (Phi) is 3.16. The first kappa shape index (κ1) is 12.1. The molecular weight excluding hydrogens is 234 g/mol. The summed E-state index contributed by atoms with van der Waals surface area (Å²) in [7, 11) is 0. The molecule has 1 heterocycles. The summed E-state index contributed by atoms with van der Waals surface area (Å²) < 4.78 is 0. The van der Waals surface area contributed by atoms with Crippen LogP contribution in [0.1, 0.15) is 40.7 Å². The number of aryl methyl sites for hydroxylation is 1. The lowest BCUT2D eigenvalue weighted by Crippen LogP contribution is -2.07. The zero-order valence-electron chi connectivity index (χ0n) is 11.0. The summed E-state index contributed by atoms with van der Waals surface area (Å²) in [4.78, 5) is 16.6. The summed E-state index contributed by atoms with van der Waals surface area (Å²) in [5.74, 6) is 0.856. The van der Waals surface area contributed by atoms with E-state index in [0.717, 1.165) is 24.0 Å². The summed E-state index contributed by atoms with van der Waals surface area (Å²) in [6, 6.07) is 12.2. The van der Waals surface area contributed by atoms with Gasteiger partial charge < -0.3 is 0 Å². The van der Waals surface area contributed by atoms with Gasteiger partial charge in [0.1, 0.15) is 0 Å². The van der Waals surface area contributed by atoms with Crippen LogP contribution in [0.15, 0.2) is 48.8 Å². The number of benzene rings is 1. The van der Waals surface area contributed by atoms with Gasteiger partial charge in [0.2, 0.25) is 0 Å². The van der Waals surface area contributed by atoms with Gasteiger partial charge in [0.25, 0.3) is 0 Å². The molecule has 0 amide bonds.